The molecule has 4 nitrogen and oxygen atoms in total. The molecule has 112 valence electrons. The maximum absolute atomic E-state index is 13.0. The van der Waals surface area contributed by atoms with Crippen molar-refractivity contribution in [3.8, 4) is 0 Å². The van der Waals surface area contributed by atoms with Gasteiger partial charge in [-0.25, -0.2) is 8.42 Å². The van der Waals surface area contributed by atoms with Gasteiger partial charge in [0, 0.05) is 36.3 Å². The van der Waals surface area contributed by atoms with Crippen LogP contribution < -0.4 is 0 Å². The van der Waals surface area contributed by atoms with E-state index in [-0.39, 0.29) is 0 Å². The molecule has 0 spiro atoms. The lowest BCUT2D eigenvalue weighted by atomic mass is 10.1. The minimum Gasteiger partial charge on any atom is -0.264 e. The Kier molecular flexibility index (Phi) is 4.22. The third-order valence-electron chi connectivity index (χ3n) is 4.07. The quantitative estimate of drug-likeness (QED) is 0.856. The Morgan fingerprint density at radius 3 is 2.43 bits per heavy atom. The van der Waals surface area contributed by atoms with E-state index in [2.05, 4.69) is 4.98 Å². The zero-order valence-corrected chi connectivity index (χ0v) is 12.8. The predicted octanol–water partition coefficient (Wildman–Crippen LogP) is 3.19. The molecule has 1 aliphatic rings. The molecule has 0 unspecified atom stereocenters. The van der Waals surface area contributed by atoms with E-state index < -0.39 is 10.0 Å². The van der Waals surface area contributed by atoms with Crippen molar-refractivity contribution in [3.05, 3.63) is 36.7 Å². The van der Waals surface area contributed by atoms with Crippen molar-refractivity contribution in [2.24, 2.45) is 0 Å². The summed E-state index contributed by atoms with van der Waals surface area (Å²) in [5, 5.41) is 1.63. The molecular formula is C16H20N2O2S. The van der Waals surface area contributed by atoms with Gasteiger partial charge >= 0.3 is 0 Å². The highest BCUT2D eigenvalue weighted by Gasteiger charge is 2.26. The third kappa shape index (κ3) is 2.94. The molecule has 3 rings (SSSR count). The molecule has 1 saturated heterocycles. The van der Waals surface area contributed by atoms with Gasteiger partial charge in [0.15, 0.2) is 0 Å². The van der Waals surface area contributed by atoms with E-state index in [1.165, 1.54) is 6.42 Å². The van der Waals surface area contributed by atoms with Gasteiger partial charge in [0.1, 0.15) is 0 Å². The van der Waals surface area contributed by atoms with Crippen LogP contribution in [0.2, 0.25) is 0 Å². The standard InChI is InChI=1S/C16H20N2O2S/c19-21(20,18-11-4-2-1-3-5-12-18)16-8-6-7-14-13-17-10-9-15(14)16/h6-10,13H,1-5,11-12H2. The first-order valence-corrected chi connectivity index (χ1v) is 8.96. The fourth-order valence-electron chi connectivity index (χ4n) is 2.92. The molecule has 1 aliphatic heterocycles. The highest BCUT2D eigenvalue weighted by Crippen LogP contribution is 2.26. The number of fused-ring (bicyclic) bond motifs is 1. The average molecular weight is 304 g/mol. The van der Waals surface area contributed by atoms with E-state index in [1.54, 1.807) is 34.9 Å². The highest BCUT2D eigenvalue weighted by atomic mass is 32.2. The number of rotatable bonds is 2. The topological polar surface area (TPSA) is 50.3 Å². The Morgan fingerprint density at radius 2 is 1.67 bits per heavy atom. The lowest BCUT2D eigenvalue weighted by Crippen LogP contribution is -2.34. The third-order valence-corrected chi connectivity index (χ3v) is 6.03. The number of nitrogens with zero attached hydrogens (tertiary/aromatic N) is 2. The largest absolute Gasteiger partial charge is 0.264 e. The van der Waals surface area contributed by atoms with Crippen LogP contribution in [0.4, 0.5) is 0 Å². The molecule has 0 atom stereocenters. The second-order valence-corrected chi connectivity index (χ2v) is 7.43. The van der Waals surface area contributed by atoms with Gasteiger partial charge < -0.3 is 0 Å². The minimum absolute atomic E-state index is 0.406. The number of benzene rings is 1. The normalized spacial score (nSPS) is 18.3. The van der Waals surface area contributed by atoms with Crippen LogP contribution in [0.1, 0.15) is 32.1 Å². The lowest BCUT2D eigenvalue weighted by molar-refractivity contribution is 0.364. The summed E-state index contributed by atoms with van der Waals surface area (Å²) in [5.41, 5.74) is 0. The van der Waals surface area contributed by atoms with Gasteiger partial charge in [-0.3, -0.25) is 4.98 Å². The van der Waals surface area contributed by atoms with Crippen LogP contribution in [0, 0.1) is 0 Å². The van der Waals surface area contributed by atoms with Gasteiger partial charge in [-0.05, 0) is 25.0 Å². The van der Waals surface area contributed by atoms with Crippen LogP contribution in [-0.4, -0.2) is 30.8 Å². The molecule has 0 saturated carbocycles. The summed E-state index contributed by atoms with van der Waals surface area (Å²) in [5.74, 6) is 0. The first kappa shape index (κ1) is 14.5. The lowest BCUT2D eigenvalue weighted by Gasteiger charge is -2.24. The average Bonchev–Trinajstić information content (AvgIpc) is 2.46. The van der Waals surface area contributed by atoms with Gasteiger partial charge in [-0.15, -0.1) is 0 Å². The van der Waals surface area contributed by atoms with E-state index in [9.17, 15) is 8.42 Å². The van der Waals surface area contributed by atoms with Gasteiger partial charge in [-0.1, -0.05) is 31.4 Å². The van der Waals surface area contributed by atoms with Crippen LogP contribution in [0.5, 0.6) is 0 Å². The number of pyridine rings is 1. The van der Waals surface area contributed by atoms with Crippen LogP contribution in [0.15, 0.2) is 41.6 Å². The van der Waals surface area contributed by atoms with E-state index >= 15 is 0 Å². The summed E-state index contributed by atoms with van der Waals surface area (Å²) in [6, 6.07) is 7.18. The maximum atomic E-state index is 13.0. The first-order valence-electron chi connectivity index (χ1n) is 7.52. The molecule has 0 aliphatic carbocycles. The van der Waals surface area contributed by atoms with E-state index in [1.807, 2.05) is 6.07 Å². The fourth-order valence-corrected chi connectivity index (χ4v) is 4.65. The van der Waals surface area contributed by atoms with Crippen molar-refractivity contribution in [1.29, 1.82) is 0 Å². The Morgan fingerprint density at radius 1 is 0.952 bits per heavy atom. The second kappa shape index (κ2) is 6.12. The monoisotopic (exact) mass is 304 g/mol. The molecule has 21 heavy (non-hydrogen) atoms. The number of aromatic nitrogens is 1. The zero-order valence-electron chi connectivity index (χ0n) is 12.0. The van der Waals surface area contributed by atoms with Gasteiger partial charge in [0.25, 0.3) is 0 Å². The molecule has 2 heterocycles. The van der Waals surface area contributed by atoms with Crippen molar-refractivity contribution in [3.63, 3.8) is 0 Å². The summed E-state index contributed by atoms with van der Waals surface area (Å²) in [7, 11) is -3.42. The van der Waals surface area contributed by atoms with E-state index in [0.29, 0.717) is 18.0 Å². The first-order chi connectivity index (χ1) is 10.2. The van der Waals surface area contributed by atoms with Crippen molar-refractivity contribution < 1.29 is 8.42 Å². The van der Waals surface area contributed by atoms with Crippen molar-refractivity contribution in [1.82, 2.24) is 9.29 Å². The van der Waals surface area contributed by atoms with Crippen LogP contribution in [0.3, 0.4) is 0 Å². The van der Waals surface area contributed by atoms with Crippen LogP contribution >= 0.6 is 0 Å². The molecule has 0 radical (unpaired) electrons. The predicted molar refractivity (Wildman–Crippen MR) is 83.6 cm³/mol. The van der Waals surface area contributed by atoms with Crippen molar-refractivity contribution in [2.45, 2.75) is 37.0 Å². The number of hydrogen-bond acceptors (Lipinski definition) is 3. The fraction of sp³-hybridized carbons (Fsp3) is 0.438. The second-order valence-electron chi connectivity index (χ2n) is 5.52. The van der Waals surface area contributed by atoms with E-state index in [0.717, 1.165) is 36.5 Å². The summed E-state index contributed by atoms with van der Waals surface area (Å²) in [6.45, 7) is 1.26. The summed E-state index contributed by atoms with van der Waals surface area (Å²) < 4.78 is 27.6. The molecular weight excluding hydrogens is 284 g/mol. The van der Waals surface area contributed by atoms with E-state index in [4.69, 9.17) is 0 Å². The molecule has 0 bridgehead atoms. The van der Waals surface area contributed by atoms with Gasteiger partial charge in [0.2, 0.25) is 10.0 Å². The number of sulfonamides is 1. The highest BCUT2D eigenvalue weighted by molar-refractivity contribution is 7.89. The Hall–Kier alpha value is -1.46. The zero-order chi connectivity index (χ0) is 14.7. The summed E-state index contributed by atoms with van der Waals surface area (Å²) >= 11 is 0. The molecule has 1 aromatic carbocycles. The smallest absolute Gasteiger partial charge is 0.243 e. The molecule has 1 fully saturated rings. The Balaban J connectivity index is 2.03. The maximum Gasteiger partial charge on any atom is 0.243 e. The summed E-state index contributed by atoms with van der Waals surface area (Å²) in [4.78, 5) is 4.47. The Bertz CT molecular complexity index is 715. The van der Waals surface area contributed by atoms with Crippen molar-refractivity contribution in [2.75, 3.05) is 13.1 Å². The summed E-state index contributed by atoms with van der Waals surface area (Å²) in [6.07, 6.45) is 8.71. The minimum atomic E-state index is -3.42. The Labute approximate surface area is 125 Å². The molecule has 5 heteroatoms. The number of hydrogen-bond donors (Lipinski definition) is 0. The molecule has 2 aromatic rings. The van der Waals surface area contributed by atoms with Crippen LogP contribution in [0.25, 0.3) is 10.8 Å². The molecule has 0 amide bonds. The van der Waals surface area contributed by atoms with Crippen molar-refractivity contribution >= 4 is 20.8 Å². The molecule has 0 N–H and O–H groups in total. The van der Waals surface area contributed by atoms with Crippen LogP contribution in [-0.2, 0) is 10.0 Å². The van der Waals surface area contributed by atoms with Gasteiger partial charge in [-0.2, -0.15) is 4.31 Å². The molecule has 1 aromatic heterocycles. The SMILES string of the molecule is O=S(=O)(c1cccc2cnccc12)N1CCCCCCC1. The van der Waals surface area contributed by atoms with Gasteiger partial charge in [0.05, 0.1) is 4.90 Å².